The van der Waals surface area contributed by atoms with Gasteiger partial charge in [0.05, 0.1) is 0 Å². The zero-order valence-corrected chi connectivity index (χ0v) is 17.4. The number of hydrogen-bond donors (Lipinski definition) is 0. The van der Waals surface area contributed by atoms with Crippen molar-refractivity contribution in [3.63, 3.8) is 0 Å². The van der Waals surface area contributed by atoms with E-state index in [2.05, 4.69) is 6.92 Å². The zero-order chi connectivity index (χ0) is 18.5. The smallest absolute Gasteiger partial charge is 0.550 e. The maximum Gasteiger partial charge on any atom is 2.00 e. The summed E-state index contributed by atoms with van der Waals surface area (Å²) in [4.78, 5) is 19.1. The molecule has 0 saturated carbocycles. The predicted molar refractivity (Wildman–Crippen MR) is 95.2 cm³/mol. The Hall–Kier alpha value is -0.541. The Morgan fingerprint density at radius 1 is 0.600 bits per heavy atom. The third-order valence-corrected chi connectivity index (χ3v) is 3.98. The quantitative estimate of drug-likeness (QED) is 0.293. The minimum Gasteiger partial charge on any atom is -0.550 e. The molecule has 0 aliphatic carbocycles. The van der Waals surface area contributed by atoms with Crippen molar-refractivity contribution in [3.05, 3.63) is 0 Å². The van der Waals surface area contributed by atoms with Crippen molar-refractivity contribution in [3.8, 4) is 0 Å². The zero-order valence-electron chi connectivity index (χ0n) is 16.3. The van der Waals surface area contributed by atoms with Crippen molar-refractivity contribution >= 4 is 11.9 Å². The summed E-state index contributed by atoms with van der Waals surface area (Å²) in [6.07, 6.45) is 19.9. The van der Waals surface area contributed by atoms with Gasteiger partial charge in [-0.05, 0) is 19.8 Å². The first-order chi connectivity index (χ1) is 11.5. The number of carboxylic acid groups (broad SMARTS) is 2. The van der Waals surface area contributed by atoms with Crippen LogP contribution < -0.4 is 10.2 Å². The number of carboxylic acids is 2. The summed E-state index contributed by atoms with van der Waals surface area (Å²) >= 11 is 0. The van der Waals surface area contributed by atoms with Crippen molar-refractivity contribution in [1.29, 1.82) is 0 Å². The Balaban J connectivity index is -0.000000867. The van der Waals surface area contributed by atoms with Gasteiger partial charge in [-0.25, -0.2) is 0 Å². The molecule has 0 fully saturated rings. The number of carbonyl (C=O) groups is 2. The van der Waals surface area contributed by atoms with Gasteiger partial charge in [-0.15, -0.1) is 0 Å². The number of unbranched alkanes of at least 4 members (excludes halogenated alkanes) is 14. The van der Waals surface area contributed by atoms with Crippen LogP contribution in [0, 0.1) is 0 Å². The van der Waals surface area contributed by atoms with Crippen molar-refractivity contribution in [2.24, 2.45) is 0 Å². The molecular weight excluding hydrogens is 360 g/mol. The molecule has 0 spiro atoms. The molecule has 0 saturated heterocycles. The van der Waals surface area contributed by atoms with E-state index in [1.165, 1.54) is 83.5 Å². The first kappa shape index (κ1) is 29.2. The number of hydrogen-bond acceptors (Lipinski definition) is 4. The molecule has 0 aromatic heterocycles. The molecular formula is C20H38FeO4. The van der Waals surface area contributed by atoms with Crippen LogP contribution in [0.25, 0.3) is 0 Å². The van der Waals surface area contributed by atoms with E-state index in [4.69, 9.17) is 9.90 Å². The third kappa shape index (κ3) is 39.9. The Kier molecular flexibility index (Phi) is 30.0. The number of carbonyl (C=O) groups excluding carboxylic acids is 2. The van der Waals surface area contributed by atoms with Crippen molar-refractivity contribution in [2.45, 2.75) is 117 Å². The number of rotatable bonds is 16. The summed E-state index contributed by atoms with van der Waals surface area (Å²) < 4.78 is 0. The number of aliphatic carboxylic acids is 2. The van der Waals surface area contributed by atoms with Crippen LogP contribution in [0.1, 0.15) is 117 Å². The van der Waals surface area contributed by atoms with E-state index in [1.807, 2.05) is 0 Å². The minimum absolute atomic E-state index is 0. The van der Waals surface area contributed by atoms with Gasteiger partial charge in [-0.1, -0.05) is 96.8 Å². The molecule has 0 amide bonds. The SMILES string of the molecule is CC(=O)[O-].CCCCCCCCCCCCCCCCCC(=O)[O-].[Fe+2]. The van der Waals surface area contributed by atoms with Crippen molar-refractivity contribution < 1.29 is 36.9 Å². The first-order valence-electron chi connectivity index (χ1n) is 9.88. The van der Waals surface area contributed by atoms with E-state index in [0.29, 0.717) is 0 Å². The summed E-state index contributed by atoms with van der Waals surface area (Å²) in [6.45, 7) is 3.24. The van der Waals surface area contributed by atoms with Gasteiger partial charge < -0.3 is 19.8 Å². The first-order valence-corrected chi connectivity index (χ1v) is 9.88. The van der Waals surface area contributed by atoms with Gasteiger partial charge in [0.25, 0.3) is 0 Å². The average molecular weight is 398 g/mol. The Morgan fingerprint density at radius 3 is 1.08 bits per heavy atom. The summed E-state index contributed by atoms with van der Waals surface area (Å²) in [5, 5.41) is 19.1. The largest absolute Gasteiger partial charge is 2.00 e. The van der Waals surface area contributed by atoms with E-state index in [-0.39, 0.29) is 23.5 Å². The van der Waals surface area contributed by atoms with E-state index in [1.54, 1.807) is 0 Å². The molecule has 0 heterocycles. The van der Waals surface area contributed by atoms with Crippen LogP contribution in [-0.4, -0.2) is 11.9 Å². The maximum atomic E-state index is 10.2. The molecule has 0 aromatic carbocycles. The van der Waals surface area contributed by atoms with Crippen LogP contribution in [-0.2, 0) is 26.7 Å². The summed E-state index contributed by atoms with van der Waals surface area (Å²) in [5.74, 6) is -1.99. The van der Waals surface area contributed by atoms with Gasteiger partial charge in [-0.2, -0.15) is 0 Å². The molecule has 0 bridgehead atoms. The fraction of sp³-hybridized carbons (Fsp3) is 0.900. The average Bonchev–Trinajstić information content (AvgIpc) is 2.50. The molecule has 0 aromatic rings. The van der Waals surface area contributed by atoms with E-state index in [0.717, 1.165) is 19.8 Å². The van der Waals surface area contributed by atoms with Crippen molar-refractivity contribution in [1.82, 2.24) is 0 Å². The van der Waals surface area contributed by atoms with Crippen LogP contribution >= 0.6 is 0 Å². The van der Waals surface area contributed by atoms with Gasteiger partial charge in [0, 0.05) is 11.9 Å². The Bertz CT molecular complexity index is 279. The molecule has 0 rings (SSSR count). The van der Waals surface area contributed by atoms with E-state index in [9.17, 15) is 9.90 Å². The van der Waals surface area contributed by atoms with Crippen LogP contribution in [0.4, 0.5) is 0 Å². The minimum atomic E-state index is -1.08. The fourth-order valence-corrected chi connectivity index (χ4v) is 2.64. The van der Waals surface area contributed by atoms with Gasteiger partial charge >= 0.3 is 17.1 Å². The van der Waals surface area contributed by atoms with E-state index < -0.39 is 11.9 Å². The second-order valence-corrected chi connectivity index (χ2v) is 6.56. The van der Waals surface area contributed by atoms with Gasteiger partial charge in [0.1, 0.15) is 0 Å². The molecule has 5 heteroatoms. The molecule has 4 nitrogen and oxygen atoms in total. The molecule has 25 heavy (non-hydrogen) atoms. The van der Waals surface area contributed by atoms with Crippen LogP contribution in [0.5, 0.6) is 0 Å². The third-order valence-electron chi connectivity index (χ3n) is 3.98. The molecule has 150 valence electrons. The Labute approximate surface area is 165 Å². The molecule has 0 radical (unpaired) electrons. The topological polar surface area (TPSA) is 80.3 Å². The Morgan fingerprint density at radius 2 is 0.840 bits per heavy atom. The van der Waals surface area contributed by atoms with Crippen molar-refractivity contribution in [2.75, 3.05) is 0 Å². The summed E-state index contributed by atoms with van der Waals surface area (Å²) in [6, 6.07) is 0. The van der Waals surface area contributed by atoms with Crippen LogP contribution in [0.2, 0.25) is 0 Å². The standard InChI is InChI=1S/C18H36O2.C2H4O2.Fe/c1-2-3-4-5-6-7-8-9-10-11-12-13-14-15-16-17-18(19)20;1-2(3)4;/h2-17H2,1H3,(H,19,20);1H3,(H,3,4);/q;;+2/p-2. The summed E-state index contributed by atoms with van der Waals surface area (Å²) in [7, 11) is 0. The molecule has 0 aliphatic heterocycles. The summed E-state index contributed by atoms with van der Waals surface area (Å²) in [5.41, 5.74) is 0. The van der Waals surface area contributed by atoms with Crippen LogP contribution in [0.15, 0.2) is 0 Å². The van der Waals surface area contributed by atoms with Gasteiger partial charge in [0.2, 0.25) is 0 Å². The molecule has 0 aliphatic rings. The normalized spacial score (nSPS) is 9.68. The fourth-order valence-electron chi connectivity index (χ4n) is 2.64. The maximum absolute atomic E-state index is 10.2. The second-order valence-electron chi connectivity index (χ2n) is 6.56. The molecule has 0 N–H and O–H groups in total. The monoisotopic (exact) mass is 398 g/mol. The van der Waals surface area contributed by atoms with E-state index >= 15 is 0 Å². The van der Waals surface area contributed by atoms with Crippen LogP contribution in [0.3, 0.4) is 0 Å². The predicted octanol–water partition coefficient (Wildman–Crippen LogP) is 3.75. The van der Waals surface area contributed by atoms with Gasteiger partial charge in [-0.3, -0.25) is 0 Å². The molecule has 0 unspecified atom stereocenters. The van der Waals surface area contributed by atoms with Gasteiger partial charge in [0.15, 0.2) is 0 Å². The molecule has 0 atom stereocenters. The second kappa shape index (κ2) is 25.7.